The number of methoxy groups -OCH3 is 2. The molecule has 29 heavy (non-hydrogen) atoms. The third-order valence-electron chi connectivity index (χ3n) is 4.57. The van der Waals surface area contributed by atoms with Crippen LogP contribution >= 0.6 is 11.8 Å². The van der Waals surface area contributed by atoms with Gasteiger partial charge in [-0.1, -0.05) is 36.0 Å². The summed E-state index contributed by atoms with van der Waals surface area (Å²) in [5, 5.41) is 11.2. The Morgan fingerprint density at radius 3 is 2.83 bits per heavy atom. The van der Waals surface area contributed by atoms with Gasteiger partial charge in [-0.3, -0.25) is 15.1 Å². The van der Waals surface area contributed by atoms with Gasteiger partial charge in [0, 0.05) is 16.5 Å². The molecule has 1 amide bonds. The summed E-state index contributed by atoms with van der Waals surface area (Å²) in [6.45, 7) is 3.72. The first kappa shape index (κ1) is 19.1. The Bertz CT molecular complexity index is 1130. The quantitative estimate of drug-likeness (QED) is 0.763. The Labute approximate surface area is 172 Å². The highest BCUT2D eigenvalue weighted by Crippen LogP contribution is 2.37. The zero-order valence-electron chi connectivity index (χ0n) is 16.1. The first-order chi connectivity index (χ1) is 14.2. The maximum atomic E-state index is 13.0. The van der Waals surface area contributed by atoms with E-state index in [4.69, 9.17) is 14.5 Å². The van der Waals surface area contributed by atoms with Gasteiger partial charge in [0.05, 0.1) is 19.6 Å². The van der Waals surface area contributed by atoms with Crippen LogP contribution < -0.4 is 25.4 Å². The van der Waals surface area contributed by atoms with Crippen molar-refractivity contribution in [3.8, 4) is 11.5 Å². The zero-order chi connectivity index (χ0) is 20.4. The van der Waals surface area contributed by atoms with Crippen molar-refractivity contribution in [2.45, 2.75) is 6.17 Å². The highest BCUT2D eigenvalue weighted by atomic mass is 32.2. The molecule has 4 rings (SSSR count). The lowest BCUT2D eigenvalue weighted by Crippen LogP contribution is -2.50. The topological polar surface area (TPSA) is 75.5 Å². The number of carbonyl (C=O) groups excluding carboxylic acids is 1. The van der Waals surface area contributed by atoms with E-state index in [9.17, 15) is 4.79 Å². The Hall–Kier alpha value is -3.26. The first-order valence-electron chi connectivity index (χ1n) is 8.98. The van der Waals surface area contributed by atoms with Gasteiger partial charge < -0.3 is 9.47 Å². The molecule has 0 saturated heterocycles. The Kier molecular flexibility index (Phi) is 5.26. The molecule has 2 aromatic rings. The van der Waals surface area contributed by atoms with Crippen LogP contribution in [0.4, 0.5) is 0 Å². The molecule has 1 atom stereocenters. The van der Waals surface area contributed by atoms with Crippen molar-refractivity contribution in [3.63, 3.8) is 0 Å². The van der Waals surface area contributed by atoms with Gasteiger partial charge in [-0.25, -0.2) is 5.01 Å². The number of rotatable bonds is 5. The molecular formula is C21H20N4O3S. The molecule has 8 heteroatoms. The van der Waals surface area contributed by atoms with E-state index in [1.165, 1.54) is 11.8 Å². The minimum Gasteiger partial charge on any atom is -0.497 e. The van der Waals surface area contributed by atoms with E-state index < -0.39 is 6.17 Å². The number of hydrazone groups is 1. The van der Waals surface area contributed by atoms with E-state index in [2.05, 4.69) is 17.0 Å². The van der Waals surface area contributed by atoms with Crippen molar-refractivity contribution in [2.24, 2.45) is 10.1 Å². The van der Waals surface area contributed by atoms with Crippen LogP contribution in [0.1, 0.15) is 11.7 Å². The van der Waals surface area contributed by atoms with Crippen molar-refractivity contribution >= 4 is 28.5 Å². The largest absolute Gasteiger partial charge is 0.497 e. The van der Waals surface area contributed by atoms with E-state index in [0.717, 1.165) is 16.1 Å². The summed E-state index contributed by atoms with van der Waals surface area (Å²) in [5.41, 5.74) is 1.21. The molecule has 148 valence electrons. The van der Waals surface area contributed by atoms with Crippen molar-refractivity contribution in [3.05, 3.63) is 71.3 Å². The fourth-order valence-electron chi connectivity index (χ4n) is 3.27. The number of carbonyl (C=O) groups is 1. The molecule has 0 fully saturated rings. The van der Waals surface area contributed by atoms with Gasteiger partial charge >= 0.3 is 0 Å². The second-order valence-corrected chi connectivity index (χ2v) is 7.29. The van der Waals surface area contributed by atoms with Crippen molar-refractivity contribution in [2.75, 3.05) is 20.0 Å². The molecule has 2 aromatic carbocycles. The summed E-state index contributed by atoms with van der Waals surface area (Å²) in [7, 11) is 3.21. The molecule has 7 nitrogen and oxygen atoms in total. The molecule has 2 aliphatic rings. The van der Waals surface area contributed by atoms with Crippen molar-refractivity contribution in [1.29, 1.82) is 0 Å². The van der Waals surface area contributed by atoms with Crippen LogP contribution in [-0.4, -0.2) is 36.1 Å². The maximum Gasteiger partial charge on any atom is 0.276 e. The summed E-state index contributed by atoms with van der Waals surface area (Å²) in [6.07, 6.45) is 1.19. The van der Waals surface area contributed by atoms with Gasteiger partial charge in [0.1, 0.15) is 17.2 Å². The van der Waals surface area contributed by atoms with E-state index in [-0.39, 0.29) is 5.91 Å². The van der Waals surface area contributed by atoms with E-state index in [0.29, 0.717) is 28.1 Å². The van der Waals surface area contributed by atoms with Crippen molar-refractivity contribution < 1.29 is 14.3 Å². The number of nitrogens with one attached hydrogen (secondary N) is 1. The first-order valence-corrected chi connectivity index (χ1v) is 9.97. The highest BCUT2D eigenvalue weighted by molar-refractivity contribution is 8.14. The molecule has 0 saturated carbocycles. The smallest absolute Gasteiger partial charge is 0.276 e. The van der Waals surface area contributed by atoms with Crippen LogP contribution in [0.2, 0.25) is 0 Å². The standard InChI is InChI=1S/C21H20N4O3S/c1-4-11-29-21-23-20(26)18-14-7-5-6-8-16(14)22-19(25(18)24-21)15-12-13(27-2)9-10-17(15)28-3/h4-10,12,19H,1,11H2,2-3H3,(H,23,24,26). The lowest BCUT2D eigenvalue weighted by Gasteiger charge is -2.34. The predicted octanol–water partition coefficient (Wildman–Crippen LogP) is 1.77. The third kappa shape index (κ3) is 3.47. The third-order valence-corrected chi connectivity index (χ3v) is 5.43. The number of hydrogen-bond acceptors (Lipinski definition) is 7. The number of hydrogen-bond donors (Lipinski definition) is 1. The molecule has 2 heterocycles. The fourth-order valence-corrected chi connectivity index (χ4v) is 3.86. The fraction of sp³-hybridized carbons (Fsp3) is 0.190. The number of fused-ring (bicyclic) bond motifs is 2. The normalized spacial score (nSPS) is 17.4. The van der Waals surface area contributed by atoms with Gasteiger partial charge in [-0.15, -0.1) is 11.7 Å². The van der Waals surface area contributed by atoms with Crippen LogP contribution in [-0.2, 0) is 4.79 Å². The number of nitrogens with zero attached hydrogens (tertiary/aromatic N) is 3. The molecule has 1 unspecified atom stereocenters. The lowest BCUT2D eigenvalue weighted by atomic mass is 10.1. The monoisotopic (exact) mass is 408 g/mol. The molecule has 2 aliphatic heterocycles. The van der Waals surface area contributed by atoms with Crippen LogP contribution in [0, 0.1) is 0 Å². The summed E-state index contributed by atoms with van der Waals surface area (Å²) in [4.78, 5) is 17.9. The molecule has 0 radical (unpaired) electrons. The Morgan fingerprint density at radius 1 is 1.24 bits per heavy atom. The van der Waals surface area contributed by atoms with Gasteiger partial charge in [0.2, 0.25) is 0 Å². The highest BCUT2D eigenvalue weighted by Gasteiger charge is 2.35. The van der Waals surface area contributed by atoms with E-state index in [1.807, 2.05) is 42.5 Å². The number of para-hydroxylation sites is 1. The second-order valence-electron chi connectivity index (χ2n) is 6.28. The minimum atomic E-state index is -0.574. The lowest BCUT2D eigenvalue weighted by molar-refractivity contribution is -0.116. The molecule has 0 aromatic heterocycles. The summed E-state index contributed by atoms with van der Waals surface area (Å²) in [5.74, 6) is 1.71. The number of amidine groups is 1. The van der Waals surface area contributed by atoms with Gasteiger partial charge in [-0.2, -0.15) is 0 Å². The number of ether oxygens (including phenoxy) is 2. The molecule has 0 spiro atoms. The molecule has 0 aliphatic carbocycles. The number of thioether (sulfide) groups is 1. The van der Waals surface area contributed by atoms with Crippen LogP contribution in [0.15, 0.2) is 65.2 Å². The SMILES string of the molecule is C=CCSC1=NN2C(=c3ccccc3=NC2c2cc(OC)ccc2OC)C(=O)N1. The number of benzene rings is 2. The van der Waals surface area contributed by atoms with Crippen LogP contribution in [0.25, 0.3) is 5.70 Å². The average Bonchev–Trinajstić information content (AvgIpc) is 2.76. The average molecular weight is 408 g/mol. The predicted molar refractivity (Wildman–Crippen MR) is 113 cm³/mol. The summed E-state index contributed by atoms with van der Waals surface area (Å²) < 4.78 is 11.0. The van der Waals surface area contributed by atoms with Gasteiger partial charge in [-0.05, 0) is 24.3 Å². The number of amides is 1. The molecular weight excluding hydrogens is 388 g/mol. The molecule has 0 bridgehead atoms. The van der Waals surface area contributed by atoms with Crippen LogP contribution in [0.3, 0.4) is 0 Å². The van der Waals surface area contributed by atoms with Crippen molar-refractivity contribution in [1.82, 2.24) is 10.3 Å². The molecule has 1 N–H and O–H groups in total. The Balaban J connectivity index is 1.94. The second kappa shape index (κ2) is 8.00. The zero-order valence-corrected chi connectivity index (χ0v) is 16.9. The minimum absolute atomic E-state index is 0.222. The summed E-state index contributed by atoms with van der Waals surface area (Å²) >= 11 is 1.40. The van der Waals surface area contributed by atoms with E-state index in [1.54, 1.807) is 25.3 Å². The Morgan fingerprint density at radius 2 is 2.07 bits per heavy atom. The van der Waals surface area contributed by atoms with Gasteiger partial charge in [0.25, 0.3) is 5.91 Å². The summed E-state index contributed by atoms with van der Waals surface area (Å²) in [6, 6.07) is 13.0. The van der Waals surface area contributed by atoms with Gasteiger partial charge in [0.15, 0.2) is 11.3 Å². The maximum absolute atomic E-state index is 13.0. The van der Waals surface area contributed by atoms with E-state index >= 15 is 0 Å². The van der Waals surface area contributed by atoms with Crippen LogP contribution in [0.5, 0.6) is 11.5 Å².